The first-order valence-electron chi connectivity index (χ1n) is 10.6. The summed E-state index contributed by atoms with van der Waals surface area (Å²) in [4.78, 5) is 40.7. The van der Waals surface area contributed by atoms with Crippen molar-refractivity contribution in [2.24, 2.45) is 5.92 Å². The smallest absolute Gasteiger partial charge is 0.278 e. The molecule has 1 saturated heterocycles. The Kier molecular flexibility index (Phi) is 5.94. The number of rotatable bonds is 6. The van der Waals surface area contributed by atoms with Crippen LogP contribution < -0.4 is 4.74 Å². The molecule has 0 N–H and O–H groups in total. The minimum atomic E-state index is -0.483. The van der Waals surface area contributed by atoms with Crippen molar-refractivity contribution in [2.75, 3.05) is 20.2 Å². The van der Waals surface area contributed by atoms with E-state index in [1.54, 1.807) is 31.4 Å². The summed E-state index contributed by atoms with van der Waals surface area (Å²) in [5.74, 6) is 0.556. The fraction of sp³-hybridized carbons (Fsp3) is 0.333. The Morgan fingerprint density at radius 3 is 2.19 bits per heavy atom. The number of benzene rings is 2. The largest absolute Gasteiger partial charge is 0.497 e. The van der Waals surface area contributed by atoms with Crippen LogP contribution in [0.15, 0.2) is 54.2 Å². The number of imide groups is 1. The molecular formula is C24H25N3O5. The maximum absolute atomic E-state index is 13.5. The normalized spacial score (nSPS) is 17.3. The zero-order chi connectivity index (χ0) is 22.8. The van der Waals surface area contributed by atoms with Crippen LogP contribution in [0.1, 0.15) is 30.9 Å². The van der Waals surface area contributed by atoms with E-state index in [0.29, 0.717) is 41.6 Å². The molecule has 2 aliphatic rings. The molecule has 1 fully saturated rings. The molecule has 8 nitrogen and oxygen atoms in total. The van der Waals surface area contributed by atoms with Crippen molar-refractivity contribution in [1.29, 1.82) is 0 Å². The summed E-state index contributed by atoms with van der Waals surface area (Å²) in [6.45, 7) is 3.72. The van der Waals surface area contributed by atoms with E-state index < -0.39 is 4.92 Å². The van der Waals surface area contributed by atoms with Gasteiger partial charge in [0.05, 0.1) is 24.2 Å². The summed E-state index contributed by atoms with van der Waals surface area (Å²) in [6, 6.07) is 13.0. The standard InChI is InChI=1S/C24H25N3O5/c1-16-11-13-25(14-12-16)22-21(18-5-7-19(8-6-18)27(30)31)23(28)26(24(22)29)15-17-3-9-20(32-2)10-4-17/h3-10,16H,11-15H2,1-2H3. The van der Waals surface area contributed by atoms with Gasteiger partial charge >= 0.3 is 0 Å². The van der Waals surface area contributed by atoms with Crippen LogP contribution in [0.2, 0.25) is 0 Å². The number of methoxy groups -OCH3 is 1. The summed E-state index contributed by atoms with van der Waals surface area (Å²) in [5, 5.41) is 11.0. The Labute approximate surface area is 186 Å². The van der Waals surface area contributed by atoms with Gasteiger partial charge < -0.3 is 9.64 Å². The maximum atomic E-state index is 13.5. The molecule has 32 heavy (non-hydrogen) atoms. The van der Waals surface area contributed by atoms with E-state index in [2.05, 4.69) is 6.92 Å². The van der Waals surface area contributed by atoms with E-state index in [4.69, 9.17) is 4.74 Å². The van der Waals surface area contributed by atoms with Crippen LogP contribution in [0, 0.1) is 16.0 Å². The van der Waals surface area contributed by atoms with Gasteiger partial charge in [0.25, 0.3) is 17.5 Å². The van der Waals surface area contributed by atoms with Gasteiger partial charge in [-0.2, -0.15) is 0 Å². The van der Waals surface area contributed by atoms with Gasteiger partial charge in [-0.3, -0.25) is 24.6 Å². The van der Waals surface area contributed by atoms with Gasteiger partial charge in [0.2, 0.25) is 0 Å². The first kappa shape index (κ1) is 21.5. The summed E-state index contributed by atoms with van der Waals surface area (Å²) in [7, 11) is 1.58. The van der Waals surface area contributed by atoms with Crippen LogP contribution >= 0.6 is 0 Å². The van der Waals surface area contributed by atoms with E-state index >= 15 is 0 Å². The molecule has 0 aliphatic carbocycles. The molecule has 0 aromatic heterocycles. The average Bonchev–Trinajstić information content (AvgIpc) is 3.05. The van der Waals surface area contributed by atoms with E-state index in [1.165, 1.54) is 17.0 Å². The minimum Gasteiger partial charge on any atom is -0.497 e. The highest BCUT2D eigenvalue weighted by Crippen LogP contribution is 2.35. The van der Waals surface area contributed by atoms with E-state index in [1.807, 2.05) is 17.0 Å². The molecule has 2 aliphatic heterocycles. The molecule has 0 saturated carbocycles. The van der Waals surface area contributed by atoms with Gasteiger partial charge in [0, 0.05) is 25.2 Å². The fourth-order valence-corrected chi connectivity index (χ4v) is 4.16. The topological polar surface area (TPSA) is 93.0 Å². The van der Waals surface area contributed by atoms with Crippen LogP contribution in [0.5, 0.6) is 5.75 Å². The molecule has 8 heteroatoms. The molecule has 2 heterocycles. The molecule has 2 aromatic rings. The van der Waals surface area contributed by atoms with Gasteiger partial charge in [0.15, 0.2) is 0 Å². The molecular weight excluding hydrogens is 410 g/mol. The van der Waals surface area contributed by atoms with Gasteiger partial charge in [-0.15, -0.1) is 0 Å². The molecule has 0 atom stereocenters. The number of nitro benzene ring substituents is 1. The van der Waals surface area contributed by atoms with Crippen LogP contribution in [0.25, 0.3) is 5.57 Å². The van der Waals surface area contributed by atoms with Crippen LogP contribution in [0.3, 0.4) is 0 Å². The minimum absolute atomic E-state index is 0.0606. The number of hydrogen-bond acceptors (Lipinski definition) is 6. The predicted molar refractivity (Wildman–Crippen MR) is 119 cm³/mol. The van der Waals surface area contributed by atoms with Crippen molar-refractivity contribution < 1.29 is 19.2 Å². The zero-order valence-electron chi connectivity index (χ0n) is 18.1. The van der Waals surface area contributed by atoms with Gasteiger partial charge in [0.1, 0.15) is 11.4 Å². The van der Waals surface area contributed by atoms with Crippen LogP contribution in [0.4, 0.5) is 5.69 Å². The van der Waals surface area contributed by atoms with E-state index in [0.717, 1.165) is 18.4 Å². The summed E-state index contributed by atoms with van der Waals surface area (Å²) < 4.78 is 5.18. The monoisotopic (exact) mass is 435 g/mol. The second-order valence-corrected chi connectivity index (χ2v) is 8.24. The lowest BCUT2D eigenvalue weighted by Gasteiger charge is -2.32. The van der Waals surface area contributed by atoms with Crippen molar-refractivity contribution in [3.63, 3.8) is 0 Å². The van der Waals surface area contributed by atoms with Crippen molar-refractivity contribution in [3.8, 4) is 5.75 Å². The number of nitrogens with zero attached hydrogens (tertiary/aromatic N) is 3. The highest BCUT2D eigenvalue weighted by atomic mass is 16.6. The van der Waals surface area contributed by atoms with Crippen LogP contribution in [-0.4, -0.2) is 46.7 Å². The van der Waals surface area contributed by atoms with Crippen molar-refractivity contribution in [3.05, 3.63) is 75.5 Å². The third-order valence-electron chi connectivity index (χ3n) is 6.11. The molecule has 4 rings (SSSR count). The second-order valence-electron chi connectivity index (χ2n) is 8.24. The van der Waals surface area contributed by atoms with Gasteiger partial charge in [-0.1, -0.05) is 19.1 Å². The third-order valence-corrected chi connectivity index (χ3v) is 6.11. The van der Waals surface area contributed by atoms with E-state index in [9.17, 15) is 19.7 Å². The summed E-state index contributed by atoms with van der Waals surface area (Å²) in [6.07, 6.45) is 1.88. The van der Waals surface area contributed by atoms with Gasteiger partial charge in [-0.05, 0) is 54.2 Å². The number of ether oxygens (including phenoxy) is 1. The van der Waals surface area contributed by atoms with Gasteiger partial charge in [-0.25, -0.2) is 0 Å². The lowest BCUT2D eigenvalue weighted by atomic mass is 9.97. The van der Waals surface area contributed by atoms with Crippen molar-refractivity contribution in [2.45, 2.75) is 26.3 Å². The lowest BCUT2D eigenvalue weighted by molar-refractivity contribution is -0.384. The SMILES string of the molecule is COc1ccc(CN2C(=O)C(c3ccc([N+](=O)[O-])cc3)=C(N3CCC(C)CC3)C2=O)cc1. The number of hydrogen-bond donors (Lipinski definition) is 0. The third kappa shape index (κ3) is 4.08. The maximum Gasteiger partial charge on any atom is 0.278 e. The second kappa shape index (κ2) is 8.82. The molecule has 0 unspecified atom stereocenters. The number of carbonyl (C=O) groups excluding carboxylic acids is 2. The Hall–Kier alpha value is -3.68. The molecule has 2 amide bonds. The lowest BCUT2D eigenvalue weighted by Crippen LogP contribution is -2.38. The Morgan fingerprint density at radius 2 is 1.62 bits per heavy atom. The number of nitro groups is 1. The molecule has 2 aromatic carbocycles. The summed E-state index contributed by atoms with van der Waals surface area (Å²) in [5.41, 5.74) is 1.97. The first-order chi connectivity index (χ1) is 15.4. The fourth-order valence-electron chi connectivity index (χ4n) is 4.16. The highest BCUT2D eigenvalue weighted by molar-refractivity contribution is 6.35. The summed E-state index contributed by atoms with van der Waals surface area (Å²) >= 11 is 0. The van der Waals surface area contributed by atoms with Crippen molar-refractivity contribution >= 4 is 23.1 Å². The number of likely N-dealkylation sites (tertiary alicyclic amines) is 1. The quantitative estimate of drug-likeness (QED) is 0.391. The molecule has 166 valence electrons. The number of carbonyl (C=O) groups is 2. The molecule has 0 bridgehead atoms. The number of piperidine rings is 1. The molecule has 0 spiro atoms. The highest BCUT2D eigenvalue weighted by Gasteiger charge is 2.42. The number of non-ortho nitro benzene ring substituents is 1. The van der Waals surface area contributed by atoms with Crippen LogP contribution in [-0.2, 0) is 16.1 Å². The Bertz CT molecular complexity index is 1070. The average molecular weight is 435 g/mol. The Morgan fingerprint density at radius 1 is 1.00 bits per heavy atom. The van der Waals surface area contributed by atoms with Crippen molar-refractivity contribution in [1.82, 2.24) is 9.80 Å². The number of amides is 2. The van der Waals surface area contributed by atoms with E-state index in [-0.39, 0.29) is 24.0 Å². The zero-order valence-corrected chi connectivity index (χ0v) is 18.1. The molecule has 0 radical (unpaired) electrons. The first-order valence-corrected chi connectivity index (χ1v) is 10.6. The predicted octanol–water partition coefficient (Wildman–Crippen LogP) is 3.62. The Balaban J connectivity index is 1.69.